The van der Waals surface area contributed by atoms with Gasteiger partial charge in [-0.05, 0) is 6.92 Å². The highest BCUT2D eigenvalue weighted by atomic mass is 32.2. The Hall–Kier alpha value is -0.300. The fourth-order valence-electron chi connectivity index (χ4n) is 1.10. The Bertz CT molecular complexity index is 285. The summed E-state index contributed by atoms with van der Waals surface area (Å²) in [7, 11) is -3.58. The van der Waals surface area contributed by atoms with Gasteiger partial charge < -0.3 is 5.32 Å². The van der Waals surface area contributed by atoms with Gasteiger partial charge in [-0.15, -0.1) is 0 Å². The number of hydrogen-bond donors (Lipinski definition) is 1. The molecule has 1 aliphatic rings. The van der Waals surface area contributed by atoms with Crippen molar-refractivity contribution in [2.45, 2.75) is 24.4 Å². The summed E-state index contributed by atoms with van der Waals surface area (Å²) in [5.74, 6) is -0.850. The maximum absolute atomic E-state index is 12.1. The summed E-state index contributed by atoms with van der Waals surface area (Å²) >= 11 is 0. The zero-order valence-electron chi connectivity index (χ0n) is 6.93. The zero-order valence-corrected chi connectivity index (χ0v) is 7.74. The first-order valence-corrected chi connectivity index (χ1v) is 5.46. The van der Waals surface area contributed by atoms with Crippen LogP contribution in [0, 0.1) is 0 Å². The van der Waals surface area contributed by atoms with E-state index in [0.29, 0.717) is 0 Å². The monoisotopic (exact) mass is 217 g/mol. The number of sulfone groups is 1. The van der Waals surface area contributed by atoms with Gasteiger partial charge in [0.15, 0.2) is 9.84 Å². The Morgan fingerprint density at radius 2 is 1.92 bits per heavy atom. The largest absolute Gasteiger partial charge is 0.404 e. The summed E-state index contributed by atoms with van der Waals surface area (Å²) in [5, 5.41) is 1.43. The van der Waals surface area contributed by atoms with Crippen molar-refractivity contribution >= 4 is 9.84 Å². The van der Waals surface area contributed by atoms with Gasteiger partial charge in [-0.3, -0.25) is 0 Å². The van der Waals surface area contributed by atoms with Crippen molar-refractivity contribution in [3.63, 3.8) is 0 Å². The molecule has 13 heavy (non-hydrogen) atoms. The van der Waals surface area contributed by atoms with Crippen LogP contribution in [0.1, 0.15) is 6.92 Å². The molecule has 1 saturated heterocycles. The first kappa shape index (κ1) is 10.8. The van der Waals surface area contributed by atoms with Crippen LogP contribution in [0.5, 0.6) is 0 Å². The van der Waals surface area contributed by atoms with Gasteiger partial charge in [0.2, 0.25) is 0 Å². The SMILES string of the molecule is CC1CNC(C(F)(F)F)CS1(=O)=O. The molecule has 0 aromatic carbocycles. The summed E-state index contributed by atoms with van der Waals surface area (Å²) in [6, 6.07) is -1.91. The van der Waals surface area contributed by atoms with E-state index in [1.807, 2.05) is 0 Å². The lowest BCUT2D eigenvalue weighted by Gasteiger charge is -2.29. The van der Waals surface area contributed by atoms with Gasteiger partial charge in [-0.2, -0.15) is 13.2 Å². The van der Waals surface area contributed by atoms with Gasteiger partial charge in [0.1, 0.15) is 6.04 Å². The molecular formula is C6H10F3NO2S. The maximum Gasteiger partial charge on any atom is 0.404 e. The third-order valence-corrected chi connectivity index (χ3v) is 4.25. The maximum atomic E-state index is 12.1. The van der Waals surface area contributed by atoms with E-state index in [1.165, 1.54) is 6.92 Å². The molecule has 0 saturated carbocycles. The number of nitrogens with one attached hydrogen (secondary N) is 1. The normalized spacial score (nSPS) is 34.5. The second kappa shape index (κ2) is 3.13. The fraction of sp³-hybridized carbons (Fsp3) is 1.00. The van der Waals surface area contributed by atoms with E-state index >= 15 is 0 Å². The van der Waals surface area contributed by atoms with Crippen molar-refractivity contribution < 1.29 is 21.6 Å². The van der Waals surface area contributed by atoms with Crippen LogP contribution in [0.25, 0.3) is 0 Å². The lowest BCUT2D eigenvalue weighted by atomic mass is 10.3. The minimum atomic E-state index is -4.48. The molecule has 1 heterocycles. The van der Waals surface area contributed by atoms with Crippen molar-refractivity contribution in [2.75, 3.05) is 12.3 Å². The van der Waals surface area contributed by atoms with E-state index in [0.717, 1.165) is 0 Å². The first-order chi connectivity index (χ1) is 5.73. The van der Waals surface area contributed by atoms with Crippen LogP contribution in [0.3, 0.4) is 0 Å². The Balaban J connectivity index is 2.79. The molecule has 0 radical (unpaired) electrons. The Labute approximate surface area is 74.2 Å². The lowest BCUT2D eigenvalue weighted by Crippen LogP contribution is -2.55. The predicted molar refractivity (Wildman–Crippen MR) is 41.1 cm³/mol. The molecular weight excluding hydrogens is 207 g/mol. The molecule has 0 bridgehead atoms. The van der Waals surface area contributed by atoms with Gasteiger partial charge in [0, 0.05) is 6.54 Å². The molecule has 2 unspecified atom stereocenters. The number of alkyl halides is 3. The van der Waals surface area contributed by atoms with Crippen LogP contribution in [-0.4, -0.2) is 38.2 Å². The minimum absolute atomic E-state index is 0.132. The van der Waals surface area contributed by atoms with Crippen molar-refractivity contribution in [1.82, 2.24) is 5.32 Å². The molecule has 0 aromatic rings. The predicted octanol–water partition coefficient (Wildman–Crippen LogP) is 0.324. The highest BCUT2D eigenvalue weighted by molar-refractivity contribution is 7.92. The molecule has 2 atom stereocenters. The molecule has 1 fully saturated rings. The standard InChI is InChI=1S/C6H10F3NO2S/c1-4-2-10-5(6(7,8)9)3-13(4,11)12/h4-5,10H,2-3H2,1H3. The molecule has 78 valence electrons. The topological polar surface area (TPSA) is 46.2 Å². The lowest BCUT2D eigenvalue weighted by molar-refractivity contribution is -0.151. The third-order valence-electron chi connectivity index (χ3n) is 2.06. The van der Waals surface area contributed by atoms with Crippen molar-refractivity contribution in [3.8, 4) is 0 Å². The number of rotatable bonds is 0. The zero-order chi connectivity index (χ0) is 10.3. The van der Waals surface area contributed by atoms with Gasteiger partial charge in [0.25, 0.3) is 0 Å². The van der Waals surface area contributed by atoms with Crippen LogP contribution in [0.4, 0.5) is 13.2 Å². The Morgan fingerprint density at radius 3 is 2.31 bits per heavy atom. The van der Waals surface area contributed by atoms with Gasteiger partial charge >= 0.3 is 6.18 Å². The molecule has 1 rings (SSSR count). The highest BCUT2D eigenvalue weighted by Gasteiger charge is 2.46. The van der Waals surface area contributed by atoms with Gasteiger partial charge in [-0.1, -0.05) is 0 Å². The summed E-state index contributed by atoms with van der Waals surface area (Å²) in [6.45, 7) is 1.27. The number of hydrogen-bond acceptors (Lipinski definition) is 3. The quantitative estimate of drug-likeness (QED) is 0.635. The average molecular weight is 217 g/mol. The van der Waals surface area contributed by atoms with Crippen molar-refractivity contribution in [1.29, 1.82) is 0 Å². The summed E-state index contributed by atoms with van der Waals surface area (Å²) in [4.78, 5) is 0. The third kappa shape index (κ3) is 2.34. The smallest absolute Gasteiger partial charge is 0.304 e. The average Bonchev–Trinajstić information content (AvgIpc) is 1.92. The van der Waals surface area contributed by atoms with Crippen molar-refractivity contribution in [3.05, 3.63) is 0 Å². The van der Waals surface area contributed by atoms with E-state index < -0.39 is 33.1 Å². The molecule has 0 aliphatic carbocycles. The Kier molecular flexibility index (Phi) is 2.59. The van der Waals surface area contributed by atoms with Gasteiger partial charge in [-0.25, -0.2) is 8.42 Å². The molecule has 1 N–H and O–H groups in total. The van der Waals surface area contributed by atoms with Crippen LogP contribution < -0.4 is 5.32 Å². The first-order valence-electron chi connectivity index (χ1n) is 3.75. The summed E-state index contributed by atoms with van der Waals surface area (Å²) < 4.78 is 58.5. The molecule has 0 aromatic heterocycles. The molecule has 3 nitrogen and oxygen atoms in total. The molecule has 7 heteroatoms. The van der Waals surface area contributed by atoms with E-state index in [9.17, 15) is 21.6 Å². The number of halogens is 3. The van der Waals surface area contributed by atoms with Crippen LogP contribution in [-0.2, 0) is 9.84 Å². The van der Waals surface area contributed by atoms with Crippen molar-refractivity contribution in [2.24, 2.45) is 0 Å². The van der Waals surface area contributed by atoms with E-state index in [-0.39, 0.29) is 6.54 Å². The summed E-state index contributed by atoms with van der Waals surface area (Å²) in [6.07, 6.45) is -4.48. The molecule has 1 aliphatic heterocycles. The van der Waals surface area contributed by atoms with Crippen LogP contribution >= 0.6 is 0 Å². The second-order valence-corrected chi connectivity index (χ2v) is 5.61. The second-order valence-electron chi connectivity index (χ2n) is 3.14. The summed E-state index contributed by atoms with van der Waals surface area (Å²) in [5.41, 5.74) is 0. The Morgan fingerprint density at radius 1 is 1.38 bits per heavy atom. The molecule has 0 amide bonds. The highest BCUT2D eigenvalue weighted by Crippen LogP contribution is 2.24. The van der Waals surface area contributed by atoms with E-state index in [2.05, 4.69) is 5.32 Å². The van der Waals surface area contributed by atoms with E-state index in [1.54, 1.807) is 0 Å². The minimum Gasteiger partial charge on any atom is -0.304 e. The fourth-order valence-corrected chi connectivity index (χ4v) is 2.55. The molecule has 0 spiro atoms. The van der Waals surface area contributed by atoms with E-state index in [4.69, 9.17) is 0 Å². The van der Waals surface area contributed by atoms with Crippen LogP contribution in [0.2, 0.25) is 0 Å². The van der Waals surface area contributed by atoms with Gasteiger partial charge in [0.05, 0.1) is 11.0 Å². The van der Waals surface area contributed by atoms with Crippen LogP contribution in [0.15, 0.2) is 0 Å².